The smallest absolute Gasteiger partial charge is 0.270 e. The molecule has 0 radical (unpaired) electrons. The highest BCUT2D eigenvalue weighted by atomic mass is 79.9. The summed E-state index contributed by atoms with van der Waals surface area (Å²) in [5, 5.41) is 0. The van der Waals surface area contributed by atoms with Crippen molar-refractivity contribution in [3.63, 3.8) is 0 Å². The summed E-state index contributed by atoms with van der Waals surface area (Å²) < 4.78 is 21.1. The number of ether oxygens (including phenoxy) is 1. The van der Waals surface area contributed by atoms with E-state index in [9.17, 15) is 9.18 Å². The monoisotopic (exact) mass is 354 g/mol. The molecule has 1 amide bonds. The van der Waals surface area contributed by atoms with Gasteiger partial charge in [-0.25, -0.2) is 4.39 Å². The third-order valence-corrected chi connectivity index (χ3v) is 3.61. The molecule has 4 nitrogen and oxygen atoms in total. The van der Waals surface area contributed by atoms with Crippen molar-refractivity contribution in [1.82, 2.24) is 9.47 Å². The predicted molar refractivity (Wildman–Crippen MR) is 81.9 cm³/mol. The van der Waals surface area contributed by atoms with Gasteiger partial charge < -0.3 is 14.2 Å². The molecular weight excluding hydrogens is 339 g/mol. The van der Waals surface area contributed by atoms with Crippen LogP contribution in [0.1, 0.15) is 16.1 Å². The summed E-state index contributed by atoms with van der Waals surface area (Å²) in [4.78, 5) is 13.9. The van der Waals surface area contributed by atoms with E-state index in [1.54, 1.807) is 41.8 Å². The number of benzene rings is 1. The molecule has 0 saturated heterocycles. The van der Waals surface area contributed by atoms with Gasteiger partial charge in [0.1, 0.15) is 5.69 Å². The number of aromatic nitrogens is 1. The maximum atomic E-state index is 13.7. The molecular formula is C15H16BrFN2O2. The number of aryl methyl sites for hydroxylation is 1. The second-order valence-corrected chi connectivity index (χ2v) is 5.70. The lowest BCUT2D eigenvalue weighted by atomic mass is 10.2. The Balaban J connectivity index is 2.14. The maximum absolute atomic E-state index is 13.7. The van der Waals surface area contributed by atoms with E-state index >= 15 is 0 Å². The number of methoxy groups -OCH3 is 1. The van der Waals surface area contributed by atoms with Gasteiger partial charge >= 0.3 is 0 Å². The summed E-state index contributed by atoms with van der Waals surface area (Å²) in [6, 6.07) is 6.44. The number of rotatable bonds is 4. The lowest BCUT2D eigenvalue weighted by Crippen LogP contribution is -2.27. The van der Waals surface area contributed by atoms with E-state index in [1.165, 1.54) is 13.2 Å². The molecule has 0 atom stereocenters. The minimum absolute atomic E-state index is 0.126. The molecule has 0 unspecified atom stereocenters. The quantitative estimate of drug-likeness (QED) is 0.844. The summed E-state index contributed by atoms with van der Waals surface area (Å²) in [7, 11) is 4.91. The topological polar surface area (TPSA) is 34.5 Å². The lowest BCUT2D eigenvalue weighted by molar-refractivity contribution is 0.0775. The molecule has 0 aliphatic carbocycles. The molecule has 0 N–H and O–H groups in total. The Morgan fingerprint density at radius 3 is 2.67 bits per heavy atom. The Morgan fingerprint density at radius 1 is 1.43 bits per heavy atom. The largest absolute Gasteiger partial charge is 0.494 e. The maximum Gasteiger partial charge on any atom is 0.270 e. The first kappa shape index (κ1) is 15.6. The van der Waals surface area contributed by atoms with Gasteiger partial charge in [-0.3, -0.25) is 4.79 Å². The van der Waals surface area contributed by atoms with E-state index in [1.807, 2.05) is 6.20 Å². The van der Waals surface area contributed by atoms with Crippen LogP contribution >= 0.6 is 15.9 Å². The molecule has 0 aliphatic rings. The summed E-state index contributed by atoms with van der Waals surface area (Å²) in [5.74, 6) is -0.365. The van der Waals surface area contributed by atoms with Crippen molar-refractivity contribution < 1.29 is 13.9 Å². The van der Waals surface area contributed by atoms with Crippen molar-refractivity contribution in [3.05, 3.63) is 52.0 Å². The van der Waals surface area contributed by atoms with Crippen LogP contribution < -0.4 is 4.74 Å². The van der Waals surface area contributed by atoms with Crippen LogP contribution in [0.5, 0.6) is 5.75 Å². The van der Waals surface area contributed by atoms with E-state index < -0.39 is 5.82 Å². The van der Waals surface area contributed by atoms with Crippen LogP contribution in [0.4, 0.5) is 4.39 Å². The molecule has 2 rings (SSSR count). The number of hydrogen-bond donors (Lipinski definition) is 0. The molecule has 0 aliphatic heterocycles. The first-order valence-electron chi connectivity index (χ1n) is 6.32. The fourth-order valence-corrected chi connectivity index (χ4v) is 2.61. The minimum Gasteiger partial charge on any atom is -0.494 e. The van der Waals surface area contributed by atoms with Gasteiger partial charge in [-0.15, -0.1) is 0 Å². The number of amides is 1. The van der Waals surface area contributed by atoms with Gasteiger partial charge in [-0.2, -0.15) is 0 Å². The summed E-state index contributed by atoms with van der Waals surface area (Å²) in [5.41, 5.74) is 1.27. The van der Waals surface area contributed by atoms with Gasteiger partial charge in [0.15, 0.2) is 11.6 Å². The lowest BCUT2D eigenvalue weighted by Gasteiger charge is -2.18. The third-order valence-electron chi connectivity index (χ3n) is 3.17. The van der Waals surface area contributed by atoms with Crippen LogP contribution in [-0.2, 0) is 13.6 Å². The fourth-order valence-electron chi connectivity index (χ4n) is 2.09. The van der Waals surface area contributed by atoms with Crippen LogP contribution in [0.15, 0.2) is 34.9 Å². The van der Waals surface area contributed by atoms with Crippen LogP contribution in [0.3, 0.4) is 0 Å². The molecule has 0 saturated carbocycles. The van der Waals surface area contributed by atoms with Crippen LogP contribution in [0.2, 0.25) is 0 Å². The zero-order valence-electron chi connectivity index (χ0n) is 12.1. The zero-order valence-corrected chi connectivity index (χ0v) is 13.6. The number of carbonyl (C=O) groups is 1. The Hall–Kier alpha value is -1.82. The molecule has 6 heteroatoms. The van der Waals surface area contributed by atoms with Gasteiger partial charge in [0.05, 0.1) is 7.11 Å². The van der Waals surface area contributed by atoms with Crippen molar-refractivity contribution in [3.8, 4) is 5.75 Å². The van der Waals surface area contributed by atoms with Crippen molar-refractivity contribution in [2.24, 2.45) is 7.05 Å². The minimum atomic E-state index is -0.433. The SMILES string of the molecule is COc1ccc(CN(C)C(=O)c2cc(Br)cn2C)cc1F. The van der Waals surface area contributed by atoms with E-state index in [-0.39, 0.29) is 11.7 Å². The average Bonchev–Trinajstić information content (AvgIpc) is 2.77. The number of carbonyl (C=O) groups excluding carboxylic acids is 1. The Kier molecular flexibility index (Phi) is 4.67. The average molecular weight is 355 g/mol. The number of nitrogens with zero attached hydrogens (tertiary/aromatic N) is 2. The molecule has 2 aromatic rings. The van der Waals surface area contributed by atoms with E-state index in [0.29, 0.717) is 17.8 Å². The summed E-state index contributed by atoms with van der Waals surface area (Å²) >= 11 is 3.34. The molecule has 1 aromatic carbocycles. The number of halogens is 2. The zero-order chi connectivity index (χ0) is 15.6. The highest BCUT2D eigenvalue weighted by Gasteiger charge is 2.16. The first-order chi connectivity index (χ1) is 9.92. The first-order valence-corrected chi connectivity index (χ1v) is 7.11. The normalized spacial score (nSPS) is 10.5. The second-order valence-electron chi connectivity index (χ2n) is 4.78. The number of hydrogen-bond acceptors (Lipinski definition) is 2. The van der Waals surface area contributed by atoms with E-state index in [2.05, 4.69) is 15.9 Å². The van der Waals surface area contributed by atoms with E-state index in [4.69, 9.17) is 4.74 Å². The van der Waals surface area contributed by atoms with Gasteiger partial charge in [-0.05, 0) is 39.7 Å². The van der Waals surface area contributed by atoms with Crippen LogP contribution in [-0.4, -0.2) is 29.5 Å². The molecule has 0 fully saturated rings. The highest BCUT2D eigenvalue weighted by molar-refractivity contribution is 9.10. The molecule has 1 heterocycles. The van der Waals surface area contributed by atoms with Crippen molar-refractivity contribution in [1.29, 1.82) is 0 Å². The van der Waals surface area contributed by atoms with E-state index in [0.717, 1.165) is 4.47 Å². The standard InChI is InChI=1S/C15H16BrFN2O2/c1-18-9-11(16)7-13(18)15(20)19(2)8-10-4-5-14(21-3)12(17)6-10/h4-7,9H,8H2,1-3H3. The van der Waals surface area contributed by atoms with Gasteiger partial charge in [-0.1, -0.05) is 6.07 Å². The fraction of sp³-hybridized carbons (Fsp3) is 0.267. The predicted octanol–water partition coefficient (Wildman–Crippen LogP) is 3.21. The van der Waals surface area contributed by atoms with Crippen LogP contribution in [0, 0.1) is 5.82 Å². The highest BCUT2D eigenvalue weighted by Crippen LogP contribution is 2.20. The van der Waals surface area contributed by atoms with Crippen molar-refractivity contribution in [2.45, 2.75) is 6.54 Å². The van der Waals surface area contributed by atoms with Gasteiger partial charge in [0, 0.05) is 31.3 Å². The molecule has 0 spiro atoms. The second kappa shape index (κ2) is 6.30. The molecule has 1 aromatic heterocycles. The van der Waals surface area contributed by atoms with Gasteiger partial charge in [0.2, 0.25) is 0 Å². The summed E-state index contributed by atoms with van der Waals surface area (Å²) in [6.45, 7) is 0.322. The third kappa shape index (κ3) is 3.44. The van der Waals surface area contributed by atoms with Crippen LogP contribution in [0.25, 0.3) is 0 Å². The molecule has 21 heavy (non-hydrogen) atoms. The summed E-state index contributed by atoms with van der Waals surface area (Å²) in [6.07, 6.45) is 1.81. The Bertz CT molecular complexity index is 670. The van der Waals surface area contributed by atoms with Crippen molar-refractivity contribution >= 4 is 21.8 Å². The Labute approximate surface area is 131 Å². The molecule has 112 valence electrons. The van der Waals surface area contributed by atoms with Crippen molar-refractivity contribution in [2.75, 3.05) is 14.2 Å². The van der Waals surface area contributed by atoms with Gasteiger partial charge in [0.25, 0.3) is 5.91 Å². The Morgan fingerprint density at radius 2 is 2.14 bits per heavy atom. The molecule has 0 bridgehead atoms.